The van der Waals surface area contributed by atoms with Crippen molar-refractivity contribution in [2.75, 3.05) is 13.2 Å². The summed E-state index contributed by atoms with van der Waals surface area (Å²) in [5, 5.41) is 2.73. The number of benzene rings is 1. The van der Waals surface area contributed by atoms with Crippen LogP contribution < -0.4 is 5.32 Å². The normalized spacial score (nSPS) is 20.9. The molecule has 0 aliphatic carbocycles. The van der Waals surface area contributed by atoms with E-state index in [1.807, 2.05) is 20.8 Å². The zero-order valence-electron chi connectivity index (χ0n) is 16.3. The summed E-state index contributed by atoms with van der Waals surface area (Å²) in [5.74, 6) is -0.654. The number of amides is 1. The van der Waals surface area contributed by atoms with Crippen LogP contribution in [0.1, 0.15) is 45.6 Å². The second-order valence-corrected chi connectivity index (χ2v) is 9.57. The van der Waals surface area contributed by atoms with E-state index in [0.29, 0.717) is 18.5 Å². The topological polar surface area (TPSA) is 105 Å². The van der Waals surface area contributed by atoms with Gasteiger partial charge in [0.05, 0.1) is 0 Å². The van der Waals surface area contributed by atoms with Crippen LogP contribution in [0.4, 0.5) is 0 Å². The Labute approximate surface area is 165 Å². The molecule has 0 saturated carbocycles. The van der Waals surface area contributed by atoms with E-state index in [-0.39, 0.29) is 23.2 Å². The number of carbonyl (C=O) groups excluding carboxylic acids is 2. The molecule has 1 aromatic rings. The number of rotatable bonds is 3. The van der Waals surface area contributed by atoms with Crippen LogP contribution >= 0.6 is 0 Å². The molecule has 28 heavy (non-hydrogen) atoms. The molecule has 8 nitrogen and oxygen atoms in total. The summed E-state index contributed by atoms with van der Waals surface area (Å²) in [6, 6.07) is 5.91. The van der Waals surface area contributed by atoms with Crippen LogP contribution in [0.3, 0.4) is 0 Å². The molecule has 9 heteroatoms. The van der Waals surface area contributed by atoms with Gasteiger partial charge in [0.15, 0.2) is 12.4 Å². The zero-order chi connectivity index (χ0) is 20.5. The fourth-order valence-corrected chi connectivity index (χ4v) is 4.63. The number of hydrogen-bond donors (Lipinski definition) is 1. The molecular weight excluding hydrogens is 382 g/mol. The van der Waals surface area contributed by atoms with E-state index in [0.717, 1.165) is 12.8 Å². The average Bonchev–Trinajstić information content (AvgIpc) is 2.90. The van der Waals surface area contributed by atoms with Crippen molar-refractivity contribution in [3.8, 4) is 0 Å². The molecule has 2 aliphatic rings. The predicted octanol–water partition coefficient (Wildman–Crippen LogP) is 1.45. The molecule has 1 N–H and O–H groups in total. The summed E-state index contributed by atoms with van der Waals surface area (Å²) in [7, 11) is -3.77. The molecule has 0 spiro atoms. The number of nitrogens with one attached hydrogen (secondary N) is 1. The molecule has 1 saturated heterocycles. The molecule has 2 aliphatic heterocycles. The minimum atomic E-state index is -3.77. The lowest BCUT2D eigenvalue weighted by molar-refractivity contribution is -0.153. The van der Waals surface area contributed by atoms with Crippen molar-refractivity contribution >= 4 is 27.7 Å². The monoisotopic (exact) mass is 407 g/mol. The molecule has 1 fully saturated rings. The summed E-state index contributed by atoms with van der Waals surface area (Å²) in [4.78, 5) is 26.4. The molecule has 2 heterocycles. The lowest BCUT2D eigenvalue weighted by Gasteiger charge is -2.35. The summed E-state index contributed by atoms with van der Waals surface area (Å²) in [6.45, 7) is 5.64. The van der Waals surface area contributed by atoms with Gasteiger partial charge in [0.2, 0.25) is 0 Å². The molecule has 152 valence electrons. The Morgan fingerprint density at radius 1 is 1.25 bits per heavy atom. The van der Waals surface area contributed by atoms with Gasteiger partial charge in [-0.1, -0.05) is 12.1 Å². The van der Waals surface area contributed by atoms with Crippen LogP contribution in [0.2, 0.25) is 0 Å². The van der Waals surface area contributed by atoms with Gasteiger partial charge in [-0.2, -0.15) is 8.42 Å². The van der Waals surface area contributed by atoms with Crippen molar-refractivity contribution in [3.05, 3.63) is 29.8 Å². The van der Waals surface area contributed by atoms with E-state index >= 15 is 0 Å². The standard InChI is InChI=1S/C19H25N3O5S/c1-19(2,3)20-16(23)12-27-18(24)14-9-6-7-11-22(14)17-13-8-4-5-10-15(13)28(25,26)21-17/h4-5,8,10,14H,6-7,9,11-12H2,1-3H3,(H,20,23)/t14-/m0/s1. The average molecular weight is 407 g/mol. The summed E-state index contributed by atoms with van der Waals surface area (Å²) in [6.07, 6.45) is 2.14. The molecule has 1 amide bonds. The smallest absolute Gasteiger partial charge is 0.329 e. The third kappa shape index (κ3) is 4.35. The van der Waals surface area contributed by atoms with Gasteiger partial charge in [-0.15, -0.1) is 4.40 Å². The molecule has 0 bridgehead atoms. The van der Waals surface area contributed by atoms with Crippen LogP contribution in [-0.4, -0.2) is 55.8 Å². The highest BCUT2D eigenvalue weighted by Gasteiger charge is 2.38. The molecule has 0 aromatic heterocycles. The summed E-state index contributed by atoms with van der Waals surface area (Å²) >= 11 is 0. The van der Waals surface area contributed by atoms with E-state index in [4.69, 9.17) is 4.74 Å². The lowest BCUT2D eigenvalue weighted by Crippen LogP contribution is -2.49. The number of hydrogen-bond acceptors (Lipinski definition) is 6. The maximum absolute atomic E-state index is 12.7. The van der Waals surface area contributed by atoms with Gasteiger partial charge in [0, 0.05) is 17.6 Å². The summed E-state index contributed by atoms with van der Waals surface area (Å²) in [5.41, 5.74) is 0.0736. The number of fused-ring (bicyclic) bond motifs is 1. The Morgan fingerprint density at radius 3 is 2.68 bits per heavy atom. The Hall–Kier alpha value is -2.42. The quantitative estimate of drug-likeness (QED) is 0.761. The first-order chi connectivity index (χ1) is 13.1. The molecule has 0 radical (unpaired) electrons. The van der Waals surface area contributed by atoms with Crippen LogP contribution in [0.5, 0.6) is 0 Å². The molecule has 3 rings (SSSR count). The van der Waals surface area contributed by atoms with Crippen molar-refractivity contribution in [2.24, 2.45) is 4.40 Å². The first-order valence-corrected chi connectivity index (χ1v) is 10.7. The van der Waals surface area contributed by atoms with Crippen molar-refractivity contribution in [3.63, 3.8) is 0 Å². The van der Waals surface area contributed by atoms with E-state index in [1.165, 1.54) is 6.07 Å². The number of nitrogens with zero attached hydrogens (tertiary/aromatic N) is 2. The largest absolute Gasteiger partial charge is 0.454 e. The van der Waals surface area contributed by atoms with Gasteiger partial charge in [-0.05, 0) is 52.2 Å². The van der Waals surface area contributed by atoms with Crippen LogP contribution in [0.15, 0.2) is 33.6 Å². The third-order valence-electron chi connectivity index (χ3n) is 4.52. The van der Waals surface area contributed by atoms with Crippen LogP contribution in [-0.2, 0) is 24.3 Å². The van der Waals surface area contributed by atoms with Crippen molar-refractivity contribution in [2.45, 2.75) is 56.5 Å². The second-order valence-electron chi connectivity index (χ2n) is 8.00. The van der Waals surface area contributed by atoms with E-state index in [1.54, 1.807) is 23.1 Å². The van der Waals surface area contributed by atoms with E-state index in [9.17, 15) is 18.0 Å². The Kier molecular flexibility index (Phi) is 5.47. The zero-order valence-corrected chi connectivity index (χ0v) is 17.1. The Balaban J connectivity index is 1.77. The minimum absolute atomic E-state index is 0.146. The number of amidine groups is 1. The highest BCUT2D eigenvalue weighted by molar-refractivity contribution is 7.90. The van der Waals surface area contributed by atoms with Crippen LogP contribution in [0, 0.1) is 0 Å². The predicted molar refractivity (Wildman–Crippen MR) is 103 cm³/mol. The Morgan fingerprint density at radius 2 is 1.96 bits per heavy atom. The van der Waals surface area contributed by atoms with E-state index in [2.05, 4.69) is 9.71 Å². The van der Waals surface area contributed by atoms with Crippen molar-refractivity contribution in [1.29, 1.82) is 0 Å². The first kappa shape index (κ1) is 20.3. The number of likely N-dealkylation sites (tertiary alicyclic amines) is 1. The van der Waals surface area contributed by atoms with Crippen molar-refractivity contribution in [1.82, 2.24) is 10.2 Å². The van der Waals surface area contributed by atoms with Crippen LogP contribution in [0.25, 0.3) is 0 Å². The fourth-order valence-electron chi connectivity index (χ4n) is 3.41. The van der Waals surface area contributed by atoms with E-state index < -0.39 is 27.6 Å². The highest BCUT2D eigenvalue weighted by atomic mass is 32.2. The van der Waals surface area contributed by atoms with Gasteiger partial charge in [-0.3, -0.25) is 4.79 Å². The van der Waals surface area contributed by atoms with Gasteiger partial charge >= 0.3 is 5.97 Å². The number of esters is 1. The van der Waals surface area contributed by atoms with Gasteiger partial charge in [0.1, 0.15) is 10.9 Å². The van der Waals surface area contributed by atoms with Gasteiger partial charge < -0.3 is 15.0 Å². The van der Waals surface area contributed by atoms with Gasteiger partial charge in [0.25, 0.3) is 15.9 Å². The molecular formula is C19H25N3O5S. The third-order valence-corrected chi connectivity index (χ3v) is 5.84. The van der Waals surface area contributed by atoms with Crippen molar-refractivity contribution < 1.29 is 22.7 Å². The fraction of sp³-hybridized carbons (Fsp3) is 0.526. The second kappa shape index (κ2) is 7.54. The Bertz CT molecular complexity index is 918. The van der Waals surface area contributed by atoms with Gasteiger partial charge in [-0.25, -0.2) is 4.79 Å². The number of sulfonamides is 1. The summed E-state index contributed by atoms with van der Waals surface area (Å²) < 4.78 is 33.8. The minimum Gasteiger partial charge on any atom is -0.454 e. The number of piperidine rings is 1. The molecule has 1 aromatic carbocycles. The maximum atomic E-state index is 12.7. The number of carbonyl (C=O) groups is 2. The lowest BCUT2D eigenvalue weighted by atomic mass is 10.0. The number of ether oxygens (including phenoxy) is 1. The highest BCUT2D eigenvalue weighted by Crippen LogP contribution is 2.30. The SMILES string of the molecule is CC(C)(C)NC(=O)COC(=O)[C@@H]1CCCCN1C1=NS(=O)(=O)c2ccccc21. The maximum Gasteiger partial charge on any atom is 0.329 e. The molecule has 1 atom stereocenters. The first-order valence-electron chi connectivity index (χ1n) is 9.27. The molecule has 0 unspecified atom stereocenters.